The molecule has 0 saturated carbocycles. The Balaban J connectivity index is 1.75. The largest absolute Gasteiger partial charge is 0.396 e. The van der Waals surface area contributed by atoms with Gasteiger partial charge in [0.1, 0.15) is 5.82 Å². The molecule has 6 heteroatoms. The molecule has 2 atom stereocenters. The van der Waals surface area contributed by atoms with Gasteiger partial charge in [0.25, 0.3) is 0 Å². The fourth-order valence-corrected chi connectivity index (χ4v) is 3.92. The maximum Gasteiger partial charge on any atom is 0.227 e. The number of aliphatic hydroxyl groups excluding tert-OH is 2. The van der Waals surface area contributed by atoms with Crippen molar-refractivity contribution in [2.24, 2.45) is 5.41 Å². The van der Waals surface area contributed by atoms with Crippen LogP contribution in [-0.4, -0.2) is 46.8 Å². The first-order valence-electron chi connectivity index (χ1n) is 8.98. The van der Waals surface area contributed by atoms with E-state index < -0.39 is 17.3 Å². The van der Waals surface area contributed by atoms with Gasteiger partial charge in [-0.25, -0.2) is 4.39 Å². The summed E-state index contributed by atoms with van der Waals surface area (Å²) in [6.07, 6.45) is 0.242. The van der Waals surface area contributed by atoms with Crippen molar-refractivity contribution in [3.63, 3.8) is 0 Å². The lowest BCUT2D eigenvalue weighted by Gasteiger charge is -2.45. The number of aliphatic hydroxyl groups is 2. The zero-order chi connectivity index (χ0) is 19.4. The van der Waals surface area contributed by atoms with Crippen molar-refractivity contribution in [2.75, 3.05) is 19.7 Å². The Bertz CT molecular complexity index is 801. The van der Waals surface area contributed by atoms with Gasteiger partial charge in [-0.15, -0.1) is 0 Å². The van der Waals surface area contributed by atoms with Crippen molar-refractivity contribution in [3.8, 4) is 0 Å². The van der Waals surface area contributed by atoms with Gasteiger partial charge in [0.2, 0.25) is 5.91 Å². The molecule has 0 aromatic heterocycles. The molecule has 1 heterocycles. The average molecular weight is 392 g/mol. The number of halogens is 2. The Morgan fingerprint density at radius 2 is 2.00 bits per heavy atom. The van der Waals surface area contributed by atoms with E-state index in [0.717, 1.165) is 5.56 Å². The summed E-state index contributed by atoms with van der Waals surface area (Å²) in [5.41, 5.74) is 0.760. The molecule has 1 aliphatic heterocycles. The van der Waals surface area contributed by atoms with Gasteiger partial charge >= 0.3 is 0 Å². The number of carbonyl (C=O) groups is 1. The van der Waals surface area contributed by atoms with Crippen LogP contribution in [0.3, 0.4) is 0 Å². The van der Waals surface area contributed by atoms with E-state index in [1.165, 1.54) is 18.2 Å². The van der Waals surface area contributed by atoms with E-state index in [1.807, 2.05) is 30.3 Å². The van der Waals surface area contributed by atoms with Gasteiger partial charge in [0.15, 0.2) is 0 Å². The summed E-state index contributed by atoms with van der Waals surface area (Å²) < 4.78 is 13.2. The molecule has 0 bridgehead atoms. The van der Waals surface area contributed by atoms with E-state index in [2.05, 4.69) is 0 Å². The molecule has 2 aromatic rings. The zero-order valence-corrected chi connectivity index (χ0v) is 15.7. The Labute approximate surface area is 163 Å². The van der Waals surface area contributed by atoms with Crippen LogP contribution in [0.15, 0.2) is 48.5 Å². The average Bonchev–Trinajstić information content (AvgIpc) is 2.66. The molecule has 0 unspecified atom stereocenters. The number of piperidine rings is 1. The molecule has 2 N–H and O–H groups in total. The van der Waals surface area contributed by atoms with Crippen LogP contribution in [0.1, 0.15) is 17.5 Å². The van der Waals surface area contributed by atoms with E-state index in [0.29, 0.717) is 24.9 Å². The lowest BCUT2D eigenvalue weighted by molar-refractivity contribution is -0.141. The van der Waals surface area contributed by atoms with E-state index >= 15 is 0 Å². The number of nitrogens with zero attached hydrogens (tertiary/aromatic N) is 1. The van der Waals surface area contributed by atoms with E-state index in [9.17, 15) is 19.4 Å². The molecule has 1 aliphatic rings. The fraction of sp³-hybridized carbons (Fsp3) is 0.381. The van der Waals surface area contributed by atoms with E-state index in [1.54, 1.807) is 4.90 Å². The third-order valence-electron chi connectivity index (χ3n) is 5.31. The topological polar surface area (TPSA) is 60.8 Å². The third kappa shape index (κ3) is 4.49. The quantitative estimate of drug-likeness (QED) is 0.824. The van der Waals surface area contributed by atoms with Crippen LogP contribution < -0.4 is 0 Å². The van der Waals surface area contributed by atoms with Crippen LogP contribution in [0.2, 0.25) is 5.02 Å². The lowest BCUT2D eigenvalue weighted by Crippen LogP contribution is -2.56. The highest BCUT2D eigenvalue weighted by molar-refractivity contribution is 6.31. The summed E-state index contributed by atoms with van der Waals surface area (Å²) >= 11 is 6.04. The first-order chi connectivity index (χ1) is 12.9. The van der Waals surface area contributed by atoms with Gasteiger partial charge in [-0.1, -0.05) is 48.0 Å². The molecule has 27 heavy (non-hydrogen) atoms. The molecule has 1 fully saturated rings. The van der Waals surface area contributed by atoms with Gasteiger partial charge in [0, 0.05) is 23.5 Å². The predicted octanol–water partition coefficient (Wildman–Crippen LogP) is 2.84. The highest BCUT2D eigenvalue weighted by Crippen LogP contribution is 2.34. The highest BCUT2D eigenvalue weighted by Gasteiger charge is 2.43. The van der Waals surface area contributed by atoms with Crippen LogP contribution in [0, 0.1) is 11.2 Å². The number of rotatable bonds is 5. The molecule has 0 radical (unpaired) electrons. The molecule has 1 amide bonds. The van der Waals surface area contributed by atoms with Crippen molar-refractivity contribution in [1.29, 1.82) is 0 Å². The minimum Gasteiger partial charge on any atom is -0.396 e. The second-order valence-electron chi connectivity index (χ2n) is 7.22. The predicted molar refractivity (Wildman–Crippen MR) is 102 cm³/mol. The summed E-state index contributed by atoms with van der Waals surface area (Å²) in [7, 11) is 0. The van der Waals surface area contributed by atoms with Crippen LogP contribution >= 0.6 is 11.6 Å². The maximum absolute atomic E-state index is 13.2. The Hall–Kier alpha value is -1.95. The Morgan fingerprint density at radius 1 is 1.26 bits per heavy atom. The molecule has 3 rings (SSSR count). The lowest BCUT2D eigenvalue weighted by atomic mass is 9.73. The number of hydrogen-bond acceptors (Lipinski definition) is 3. The minimum absolute atomic E-state index is 0.0576. The maximum atomic E-state index is 13.2. The van der Waals surface area contributed by atoms with Crippen molar-refractivity contribution >= 4 is 17.5 Å². The van der Waals surface area contributed by atoms with Crippen molar-refractivity contribution in [1.82, 2.24) is 4.90 Å². The van der Waals surface area contributed by atoms with Gasteiger partial charge < -0.3 is 15.1 Å². The zero-order valence-electron chi connectivity index (χ0n) is 14.9. The molecule has 1 saturated heterocycles. The number of hydrogen-bond donors (Lipinski definition) is 2. The summed E-state index contributed by atoms with van der Waals surface area (Å²) in [4.78, 5) is 14.4. The number of amides is 1. The molecule has 4 nitrogen and oxygen atoms in total. The molecular formula is C21H23ClFNO3. The minimum atomic E-state index is -0.804. The number of carbonyl (C=O) groups excluding carboxylic acids is 1. The van der Waals surface area contributed by atoms with Crippen LogP contribution in [0.25, 0.3) is 0 Å². The summed E-state index contributed by atoms with van der Waals surface area (Å²) in [6, 6.07) is 13.6. The van der Waals surface area contributed by atoms with Gasteiger partial charge in [0.05, 0.1) is 19.1 Å². The van der Waals surface area contributed by atoms with Crippen molar-refractivity contribution < 1.29 is 19.4 Å². The normalized spacial score (nSPS) is 22.7. The summed E-state index contributed by atoms with van der Waals surface area (Å²) in [5, 5.41) is 20.9. The molecule has 0 spiro atoms. The second kappa shape index (κ2) is 8.38. The molecular weight excluding hydrogens is 369 g/mol. The van der Waals surface area contributed by atoms with Crippen LogP contribution in [-0.2, 0) is 17.6 Å². The molecule has 144 valence electrons. The van der Waals surface area contributed by atoms with Crippen molar-refractivity contribution in [3.05, 3.63) is 70.5 Å². The van der Waals surface area contributed by atoms with E-state index in [-0.39, 0.29) is 30.5 Å². The Kier molecular flexibility index (Phi) is 6.15. The molecule has 0 aliphatic carbocycles. The van der Waals surface area contributed by atoms with E-state index in [4.69, 9.17) is 11.6 Å². The first kappa shape index (κ1) is 19.8. The summed E-state index contributed by atoms with van der Waals surface area (Å²) in [6.45, 7) is 0.455. The number of benzene rings is 2. The Morgan fingerprint density at radius 3 is 2.67 bits per heavy atom. The third-order valence-corrected chi connectivity index (χ3v) is 5.66. The second-order valence-corrected chi connectivity index (χ2v) is 7.62. The van der Waals surface area contributed by atoms with Crippen LogP contribution in [0.5, 0.6) is 0 Å². The van der Waals surface area contributed by atoms with Crippen LogP contribution in [0.4, 0.5) is 4.39 Å². The standard InChI is InChI=1S/C21H23ClFNO3/c22-18-11-17(23)7-6-16(18)10-20(27)24-9-8-19(26)21(13-24,14-25)12-15-4-2-1-3-5-15/h1-7,11,19,25-26H,8-10,12-14H2/t19-,21+/m0/s1. The fourth-order valence-electron chi connectivity index (χ4n) is 3.69. The number of likely N-dealkylation sites (tertiary alicyclic amines) is 1. The highest BCUT2D eigenvalue weighted by atomic mass is 35.5. The van der Waals surface area contributed by atoms with Gasteiger partial charge in [-0.05, 0) is 36.1 Å². The summed E-state index contributed by atoms with van der Waals surface area (Å²) in [5.74, 6) is -0.597. The van der Waals surface area contributed by atoms with Crippen molar-refractivity contribution in [2.45, 2.75) is 25.4 Å². The smallest absolute Gasteiger partial charge is 0.227 e. The van der Waals surface area contributed by atoms with Gasteiger partial charge in [-0.2, -0.15) is 0 Å². The monoisotopic (exact) mass is 391 g/mol. The SMILES string of the molecule is O=C(Cc1ccc(F)cc1Cl)N1CC[C@H](O)[C@](CO)(Cc2ccccc2)C1. The van der Waals surface area contributed by atoms with Gasteiger partial charge in [-0.3, -0.25) is 4.79 Å². The molecule has 2 aromatic carbocycles. The first-order valence-corrected chi connectivity index (χ1v) is 9.36.